The molecule has 4 N–H and O–H groups in total. The molecule has 1 fully saturated rings. The van der Waals surface area contributed by atoms with Gasteiger partial charge in [0, 0.05) is 41.4 Å². The monoisotopic (exact) mass is 575 g/mol. The predicted molar refractivity (Wildman–Crippen MR) is 170 cm³/mol. The van der Waals surface area contributed by atoms with E-state index in [0.717, 1.165) is 101 Å². The van der Waals surface area contributed by atoms with Crippen LogP contribution in [-0.4, -0.2) is 45.5 Å². The lowest BCUT2D eigenvalue weighted by Crippen LogP contribution is -2.31. The number of H-pyrrole nitrogens is 1. The Labute approximate surface area is 248 Å². The molecule has 7 rings (SSSR count). The lowest BCUT2D eigenvalue weighted by molar-refractivity contribution is -0.121. The summed E-state index contributed by atoms with van der Waals surface area (Å²) in [5, 5.41) is 14.1. The number of imidazole rings is 1. The number of nitrogens with one attached hydrogen (secondary N) is 4. The molecule has 0 bridgehead atoms. The number of hydrogen-bond donors (Lipinski definition) is 4. The summed E-state index contributed by atoms with van der Waals surface area (Å²) in [5.74, 6) is 1.29. The van der Waals surface area contributed by atoms with Crippen molar-refractivity contribution in [1.82, 2.24) is 30.6 Å². The number of carbonyl (C=O) groups is 1. The van der Waals surface area contributed by atoms with E-state index in [0.29, 0.717) is 18.9 Å². The first-order valence-corrected chi connectivity index (χ1v) is 15.6. The van der Waals surface area contributed by atoms with Gasteiger partial charge in [-0.2, -0.15) is 11.3 Å². The summed E-state index contributed by atoms with van der Waals surface area (Å²) in [6.07, 6.45) is 16.8. The summed E-state index contributed by atoms with van der Waals surface area (Å²) < 4.78 is 0. The van der Waals surface area contributed by atoms with Crippen LogP contribution in [0.1, 0.15) is 49.3 Å². The molecule has 0 spiro atoms. The SMILES string of the molecule is O=C(CC1CCNCC1)NC1=C/C(c2ccc3c(n2)C(c2nc4c(-c5ccsc5)nccc4[nH]2)=CCN3)=C\CC\C=C\1. The Balaban J connectivity index is 1.19. The second-order valence-electron chi connectivity index (χ2n) is 10.9. The zero-order valence-electron chi connectivity index (χ0n) is 23.3. The highest BCUT2D eigenvalue weighted by atomic mass is 32.1. The summed E-state index contributed by atoms with van der Waals surface area (Å²) >= 11 is 1.65. The summed E-state index contributed by atoms with van der Waals surface area (Å²) in [4.78, 5) is 31.2. The number of nitrogens with zero attached hydrogens (tertiary/aromatic N) is 3. The molecule has 6 heterocycles. The van der Waals surface area contributed by atoms with Gasteiger partial charge in [0.15, 0.2) is 0 Å². The zero-order valence-corrected chi connectivity index (χ0v) is 24.1. The Morgan fingerprint density at radius 1 is 1.05 bits per heavy atom. The minimum Gasteiger partial charge on any atom is -0.380 e. The van der Waals surface area contributed by atoms with Crippen LogP contribution in [0.2, 0.25) is 0 Å². The highest BCUT2D eigenvalue weighted by molar-refractivity contribution is 7.08. The fourth-order valence-corrected chi connectivity index (χ4v) is 6.49. The lowest BCUT2D eigenvalue weighted by Gasteiger charge is -2.22. The number of hydrogen-bond acceptors (Lipinski definition) is 7. The van der Waals surface area contributed by atoms with Gasteiger partial charge in [0.05, 0.1) is 28.3 Å². The molecule has 0 radical (unpaired) electrons. The Bertz CT molecular complexity index is 1740. The molecule has 212 valence electrons. The van der Waals surface area contributed by atoms with Gasteiger partial charge in [-0.3, -0.25) is 9.78 Å². The van der Waals surface area contributed by atoms with E-state index in [9.17, 15) is 4.79 Å². The smallest absolute Gasteiger partial charge is 0.224 e. The van der Waals surface area contributed by atoms with Crippen molar-refractivity contribution in [2.45, 2.75) is 32.1 Å². The number of thiophene rings is 1. The first kappa shape index (κ1) is 26.6. The molecule has 42 heavy (non-hydrogen) atoms. The van der Waals surface area contributed by atoms with E-state index in [1.54, 1.807) is 11.3 Å². The summed E-state index contributed by atoms with van der Waals surface area (Å²) in [5.41, 5.74) is 9.19. The van der Waals surface area contributed by atoms with Gasteiger partial charge in [-0.15, -0.1) is 0 Å². The summed E-state index contributed by atoms with van der Waals surface area (Å²) in [6, 6.07) is 8.18. The third-order valence-corrected chi connectivity index (χ3v) is 8.70. The van der Waals surface area contributed by atoms with E-state index >= 15 is 0 Å². The van der Waals surface area contributed by atoms with Gasteiger partial charge in [0.1, 0.15) is 11.3 Å². The van der Waals surface area contributed by atoms with E-state index in [1.807, 2.05) is 30.5 Å². The summed E-state index contributed by atoms with van der Waals surface area (Å²) in [7, 11) is 0. The van der Waals surface area contributed by atoms with Crippen molar-refractivity contribution in [3.8, 4) is 11.3 Å². The van der Waals surface area contributed by atoms with Crippen molar-refractivity contribution >= 4 is 45.1 Å². The third kappa shape index (κ3) is 5.57. The Morgan fingerprint density at radius 3 is 2.86 bits per heavy atom. The van der Waals surface area contributed by atoms with Crippen molar-refractivity contribution < 1.29 is 4.79 Å². The molecule has 0 aromatic carbocycles. The number of aromatic nitrogens is 4. The van der Waals surface area contributed by atoms with Gasteiger partial charge < -0.3 is 20.9 Å². The summed E-state index contributed by atoms with van der Waals surface area (Å²) in [6.45, 7) is 2.67. The number of pyridine rings is 2. The van der Waals surface area contributed by atoms with Gasteiger partial charge >= 0.3 is 0 Å². The van der Waals surface area contributed by atoms with Crippen LogP contribution in [0.3, 0.4) is 0 Å². The van der Waals surface area contributed by atoms with E-state index in [-0.39, 0.29) is 5.91 Å². The topological polar surface area (TPSA) is 108 Å². The van der Waals surface area contributed by atoms with Gasteiger partial charge in [-0.25, -0.2) is 9.97 Å². The molecule has 1 saturated heterocycles. The van der Waals surface area contributed by atoms with E-state index in [1.165, 1.54) is 0 Å². The van der Waals surface area contributed by atoms with Crippen LogP contribution in [0.25, 0.3) is 33.4 Å². The van der Waals surface area contributed by atoms with Gasteiger partial charge in [-0.05, 0) is 92.1 Å². The van der Waals surface area contributed by atoms with Crippen LogP contribution in [0.4, 0.5) is 5.69 Å². The maximum atomic E-state index is 12.9. The minimum absolute atomic E-state index is 0.0757. The molecule has 8 nitrogen and oxygen atoms in total. The highest BCUT2D eigenvalue weighted by Crippen LogP contribution is 2.34. The average molecular weight is 576 g/mol. The van der Waals surface area contributed by atoms with Crippen LogP contribution < -0.4 is 16.0 Å². The van der Waals surface area contributed by atoms with Gasteiger partial charge in [-0.1, -0.05) is 18.2 Å². The molecule has 4 aromatic rings. The van der Waals surface area contributed by atoms with Crippen LogP contribution in [0.5, 0.6) is 0 Å². The zero-order chi connectivity index (χ0) is 28.3. The molecule has 0 saturated carbocycles. The van der Waals surface area contributed by atoms with Crippen molar-refractivity contribution in [3.63, 3.8) is 0 Å². The molecule has 3 aliphatic rings. The fraction of sp³-hybridized carbons (Fsp3) is 0.273. The Hall–Kier alpha value is -4.34. The predicted octanol–water partition coefficient (Wildman–Crippen LogP) is 6.06. The maximum absolute atomic E-state index is 12.9. The average Bonchev–Trinajstić information content (AvgIpc) is 3.69. The fourth-order valence-electron chi connectivity index (χ4n) is 5.85. The van der Waals surface area contributed by atoms with Crippen molar-refractivity contribution in [1.29, 1.82) is 0 Å². The number of amides is 1. The largest absolute Gasteiger partial charge is 0.380 e. The molecule has 0 atom stereocenters. The Kier molecular flexibility index (Phi) is 7.51. The van der Waals surface area contributed by atoms with Crippen LogP contribution in [0.15, 0.2) is 77.3 Å². The van der Waals surface area contributed by atoms with Crippen molar-refractivity contribution in [2.75, 3.05) is 25.0 Å². The highest BCUT2D eigenvalue weighted by Gasteiger charge is 2.22. The minimum atomic E-state index is 0.0757. The first-order chi connectivity index (χ1) is 20.7. The number of allylic oxidation sites excluding steroid dienone is 5. The normalized spacial score (nSPS) is 20.6. The van der Waals surface area contributed by atoms with Crippen LogP contribution in [0, 0.1) is 5.92 Å². The molecular formula is C33H33N7OS. The van der Waals surface area contributed by atoms with Crippen LogP contribution >= 0.6 is 11.3 Å². The number of piperidine rings is 1. The third-order valence-electron chi connectivity index (χ3n) is 8.02. The second-order valence-corrected chi connectivity index (χ2v) is 11.7. The molecule has 9 heteroatoms. The molecule has 1 amide bonds. The van der Waals surface area contributed by atoms with E-state index in [2.05, 4.69) is 67.0 Å². The second kappa shape index (κ2) is 11.9. The Morgan fingerprint density at radius 2 is 1.98 bits per heavy atom. The van der Waals surface area contributed by atoms with Crippen LogP contribution in [-0.2, 0) is 4.79 Å². The molecular weight excluding hydrogens is 542 g/mol. The standard InChI is InChI=1S/C33H33N7OS/c41-29(18-21-8-13-34-14-9-21)37-24-5-3-1-2-4-22(19-24)26-6-7-27-31(38-26)25(10-15-35-27)33-39-28-11-16-36-30(32(28)40-33)23-12-17-42-20-23/h3-7,10-12,16-17,19-21,34-35H,1-2,8-9,13-15,18H2,(H,37,41)(H,39,40)/b5-3+,22-4+,24-19+. The van der Waals surface area contributed by atoms with Crippen molar-refractivity contribution in [3.05, 3.63) is 94.5 Å². The molecule has 0 unspecified atom stereocenters. The number of rotatable bonds is 6. The number of anilines is 1. The number of fused-ring (bicyclic) bond motifs is 2. The van der Waals surface area contributed by atoms with Gasteiger partial charge in [0.2, 0.25) is 5.91 Å². The quantitative estimate of drug-likeness (QED) is 0.223. The first-order valence-electron chi connectivity index (χ1n) is 14.6. The molecule has 4 aromatic heterocycles. The van der Waals surface area contributed by atoms with Crippen molar-refractivity contribution in [2.24, 2.45) is 5.92 Å². The molecule has 2 aliphatic heterocycles. The lowest BCUT2D eigenvalue weighted by atomic mass is 9.94. The van der Waals surface area contributed by atoms with E-state index in [4.69, 9.17) is 9.97 Å². The number of aromatic amines is 1. The number of carbonyl (C=O) groups excluding carboxylic acids is 1. The maximum Gasteiger partial charge on any atom is 0.224 e. The van der Waals surface area contributed by atoms with E-state index < -0.39 is 0 Å². The van der Waals surface area contributed by atoms with Gasteiger partial charge in [0.25, 0.3) is 0 Å². The molecule has 1 aliphatic carbocycles.